The Bertz CT molecular complexity index is 124. The molecule has 0 unspecified atom stereocenters. The molecule has 7 heavy (non-hydrogen) atoms. The molecule has 3 heteroatoms. The van der Waals surface area contributed by atoms with Gasteiger partial charge < -0.3 is 5.73 Å². The van der Waals surface area contributed by atoms with Crippen molar-refractivity contribution in [2.75, 3.05) is 0 Å². The van der Waals surface area contributed by atoms with Crippen LogP contribution in [-0.2, 0) is 6.54 Å². The van der Waals surface area contributed by atoms with Crippen LogP contribution in [0.5, 0.6) is 0 Å². The Morgan fingerprint density at radius 1 is 2.00 bits per heavy atom. The number of thiazole rings is 1. The van der Waals surface area contributed by atoms with Crippen molar-refractivity contribution >= 4 is 11.3 Å². The van der Waals surface area contributed by atoms with Gasteiger partial charge in [-0.3, -0.25) is 0 Å². The van der Waals surface area contributed by atoms with E-state index >= 15 is 0 Å². The second-order valence-corrected chi connectivity index (χ2v) is 1.99. The third-order valence-corrected chi connectivity index (χ3v) is 1.34. The van der Waals surface area contributed by atoms with Crippen molar-refractivity contribution in [1.29, 1.82) is 0 Å². The topological polar surface area (TPSA) is 38.9 Å². The van der Waals surface area contributed by atoms with Crippen molar-refractivity contribution in [1.82, 2.24) is 4.98 Å². The Morgan fingerprint density at radius 3 is 3.14 bits per heavy atom. The SMILES string of the molecule is NCc1nc[c]s1. The van der Waals surface area contributed by atoms with Gasteiger partial charge in [-0.2, -0.15) is 0 Å². The van der Waals surface area contributed by atoms with Crippen LogP contribution in [0.4, 0.5) is 0 Å². The van der Waals surface area contributed by atoms with Gasteiger partial charge in [0.15, 0.2) is 0 Å². The van der Waals surface area contributed by atoms with Gasteiger partial charge in [-0.1, -0.05) is 0 Å². The van der Waals surface area contributed by atoms with E-state index in [1.807, 2.05) is 0 Å². The van der Waals surface area contributed by atoms with E-state index in [-0.39, 0.29) is 0 Å². The summed E-state index contributed by atoms with van der Waals surface area (Å²) in [6, 6.07) is 0. The average molecular weight is 113 g/mol. The third-order valence-electron chi connectivity index (χ3n) is 0.613. The second-order valence-electron chi connectivity index (χ2n) is 1.08. The minimum absolute atomic E-state index is 0.536. The Balaban J connectivity index is 2.76. The van der Waals surface area contributed by atoms with Crippen LogP contribution in [0.25, 0.3) is 0 Å². The highest BCUT2D eigenvalue weighted by atomic mass is 32.1. The molecule has 1 heterocycles. The van der Waals surface area contributed by atoms with Crippen LogP contribution in [-0.4, -0.2) is 4.98 Å². The molecular weight excluding hydrogens is 108 g/mol. The second kappa shape index (κ2) is 2.04. The largest absolute Gasteiger partial charge is 0.325 e. The van der Waals surface area contributed by atoms with Gasteiger partial charge in [0, 0.05) is 12.7 Å². The van der Waals surface area contributed by atoms with E-state index in [0.717, 1.165) is 5.01 Å². The van der Waals surface area contributed by atoms with Crippen LogP contribution in [0.2, 0.25) is 0 Å². The van der Waals surface area contributed by atoms with Gasteiger partial charge in [-0.15, -0.1) is 11.3 Å². The maximum atomic E-state index is 5.22. The summed E-state index contributed by atoms with van der Waals surface area (Å²) in [4.78, 5) is 3.87. The number of rotatable bonds is 1. The van der Waals surface area contributed by atoms with Gasteiger partial charge in [0.1, 0.15) is 5.01 Å². The van der Waals surface area contributed by atoms with Crippen LogP contribution in [0.15, 0.2) is 6.20 Å². The van der Waals surface area contributed by atoms with Crippen LogP contribution in [0.1, 0.15) is 5.01 Å². The van der Waals surface area contributed by atoms with Crippen LogP contribution in [0, 0.1) is 5.38 Å². The quantitative estimate of drug-likeness (QED) is 0.572. The molecule has 1 rings (SSSR count). The van der Waals surface area contributed by atoms with E-state index in [1.54, 1.807) is 6.20 Å². The smallest absolute Gasteiger partial charge is 0.107 e. The molecule has 37 valence electrons. The highest BCUT2D eigenvalue weighted by molar-refractivity contribution is 7.09. The van der Waals surface area contributed by atoms with E-state index in [9.17, 15) is 0 Å². The summed E-state index contributed by atoms with van der Waals surface area (Å²) in [5, 5.41) is 3.78. The average Bonchev–Trinajstić information content (AvgIpc) is 2.14. The lowest BCUT2D eigenvalue weighted by molar-refractivity contribution is 1.04. The van der Waals surface area contributed by atoms with Crippen LogP contribution < -0.4 is 5.73 Å². The molecule has 0 bridgehead atoms. The summed E-state index contributed by atoms with van der Waals surface area (Å²) in [7, 11) is 0. The predicted molar refractivity (Wildman–Crippen MR) is 28.8 cm³/mol. The summed E-state index contributed by atoms with van der Waals surface area (Å²) < 4.78 is 0. The normalized spacial score (nSPS) is 9.29. The van der Waals surface area contributed by atoms with Gasteiger partial charge >= 0.3 is 0 Å². The summed E-state index contributed by atoms with van der Waals surface area (Å²) in [6.07, 6.45) is 1.63. The van der Waals surface area contributed by atoms with Crippen LogP contribution in [0.3, 0.4) is 0 Å². The zero-order chi connectivity index (χ0) is 5.11. The molecule has 0 aliphatic heterocycles. The molecule has 0 saturated carbocycles. The van der Waals surface area contributed by atoms with Crippen molar-refractivity contribution in [2.24, 2.45) is 5.73 Å². The third kappa shape index (κ3) is 0.976. The zero-order valence-corrected chi connectivity index (χ0v) is 4.53. The van der Waals surface area contributed by atoms with Crippen molar-refractivity contribution < 1.29 is 0 Å². The lowest BCUT2D eigenvalue weighted by atomic mass is 10.7. The first kappa shape index (κ1) is 4.74. The molecule has 0 aliphatic carbocycles. The fourth-order valence-electron chi connectivity index (χ4n) is 0.313. The van der Waals surface area contributed by atoms with Crippen molar-refractivity contribution in [3.63, 3.8) is 0 Å². The molecule has 1 radical (unpaired) electrons. The number of hydrogen-bond acceptors (Lipinski definition) is 3. The molecule has 0 aliphatic rings. The Labute approximate surface area is 46.0 Å². The Morgan fingerprint density at radius 2 is 2.86 bits per heavy atom. The molecule has 2 nitrogen and oxygen atoms in total. The molecule has 0 spiro atoms. The molecule has 0 atom stereocenters. The molecule has 0 amide bonds. The first-order valence-corrected chi connectivity index (χ1v) is 2.76. The maximum Gasteiger partial charge on any atom is 0.107 e. The number of nitrogens with zero attached hydrogens (tertiary/aromatic N) is 1. The van der Waals surface area contributed by atoms with E-state index in [2.05, 4.69) is 10.4 Å². The maximum absolute atomic E-state index is 5.22. The number of aromatic nitrogens is 1. The molecule has 0 aromatic carbocycles. The molecular formula is C4H5N2S. The lowest BCUT2D eigenvalue weighted by Crippen LogP contribution is -1.93. The fraction of sp³-hybridized carbons (Fsp3) is 0.250. The van der Waals surface area contributed by atoms with Crippen molar-refractivity contribution in [3.05, 3.63) is 16.6 Å². The lowest BCUT2D eigenvalue weighted by Gasteiger charge is -1.77. The van der Waals surface area contributed by atoms with Crippen molar-refractivity contribution in [3.8, 4) is 0 Å². The molecule has 1 aromatic heterocycles. The van der Waals surface area contributed by atoms with Crippen LogP contribution >= 0.6 is 11.3 Å². The van der Waals surface area contributed by atoms with E-state index in [4.69, 9.17) is 5.73 Å². The Hall–Kier alpha value is -0.410. The number of nitrogens with two attached hydrogens (primary N) is 1. The highest BCUT2D eigenvalue weighted by Gasteiger charge is 1.85. The first-order chi connectivity index (χ1) is 3.43. The summed E-state index contributed by atoms with van der Waals surface area (Å²) in [5.74, 6) is 0. The van der Waals surface area contributed by atoms with Gasteiger partial charge in [0.25, 0.3) is 0 Å². The predicted octanol–water partition coefficient (Wildman–Crippen LogP) is 0.402. The Kier molecular flexibility index (Phi) is 1.38. The molecule has 2 N–H and O–H groups in total. The van der Waals surface area contributed by atoms with E-state index in [0.29, 0.717) is 6.54 Å². The minimum atomic E-state index is 0.536. The highest BCUT2D eigenvalue weighted by Crippen LogP contribution is 1.99. The van der Waals surface area contributed by atoms with E-state index in [1.165, 1.54) is 11.3 Å². The van der Waals surface area contributed by atoms with E-state index < -0.39 is 0 Å². The van der Waals surface area contributed by atoms with Gasteiger partial charge in [0.2, 0.25) is 0 Å². The fourth-order valence-corrected chi connectivity index (χ4v) is 0.744. The molecule has 0 fully saturated rings. The van der Waals surface area contributed by atoms with Gasteiger partial charge in [-0.05, 0) is 0 Å². The van der Waals surface area contributed by atoms with Gasteiger partial charge in [-0.25, -0.2) is 4.98 Å². The monoisotopic (exact) mass is 113 g/mol. The summed E-state index contributed by atoms with van der Waals surface area (Å²) in [6.45, 7) is 0.536. The minimum Gasteiger partial charge on any atom is -0.325 e. The summed E-state index contributed by atoms with van der Waals surface area (Å²) in [5.41, 5.74) is 5.22. The summed E-state index contributed by atoms with van der Waals surface area (Å²) >= 11 is 1.46. The zero-order valence-electron chi connectivity index (χ0n) is 3.72. The molecule has 1 aromatic rings. The van der Waals surface area contributed by atoms with Crippen molar-refractivity contribution in [2.45, 2.75) is 6.54 Å². The number of hydrogen-bond donors (Lipinski definition) is 1. The first-order valence-electron chi connectivity index (χ1n) is 1.94. The van der Waals surface area contributed by atoms with Gasteiger partial charge in [0.05, 0.1) is 5.38 Å². The molecule has 0 saturated heterocycles. The standard InChI is InChI=1S/C4H5N2S/c5-3-4-6-1-2-7-4/h1H,3,5H2.